The Labute approximate surface area is 229 Å². The van der Waals surface area contributed by atoms with E-state index in [1.165, 1.54) is 41.7 Å². The van der Waals surface area contributed by atoms with Gasteiger partial charge < -0.3 is 14.8 Å². The molecule has 0 atom stereocenters. The van der Waals surface area contributed by atoms with Crippen LogP contribution in [-0.4, -0.2) is 67.0 Å². The van der Waals surface area contributed by atoms with Crippen molar-refractivity contribution < 1.29 is 31.1 Å². The third-order valence-corrected chi connectivity index (χ3v) is 9.64. The minimum atomic E-state index is -3.95. The molecule has 10 nitrogen and oxygen atoms in total. The molecule has 1 aliphatic heterocycles. The summed E-state index contributed by atoms with van der Waals surface area (Å²) >= 11 is 0. The van der Waals surface area contributed by atoms with E-state index in [1.807, 2.05) is 30.3 Å². The highest BCUT2D eigenvalue weighted by Crippen LogP contribution is 2.25. The largest absolute Gasteiger partial charge is 0.495 e. The van der Waals surface area contributed by atoms with Gasteiger partial charge in [-0.1, -0.05) is 42.5 Å². The summed E-state index contributed by atoms with van der Waals surface area (Å²) in [4.78, 5) is 12.9. The van der Waals surface area contributed by atoms with Gasteiger partial charge >= 0.3 is 0 Å². The number of sulfonamides is 2. The molecule has 39 heavy (non-hydrogen) atoms. The third kappa shape index (κ3) is 7.22. The standard InChI is InChI=1S/C27H31N3O7S2/c1-36-25-12-9-23(19-26(25)38(32,33)29-14-13-21-5-3-2-4-6-21)27(31)28-20-22-7-10-24(11-8-22)39(34,35)30-15-17-37-18-16-30/h2-12,19,29H,13-18,20H2,1H3,(H,28,31). The maximum absolute atomic E-state index is 13.0. The molecule has 0 aliphatic carbocycles. The zero-order valence-corrected chi connectivity index (χ0v) is 23.1. The normalized spacial score (nSPS) is 14.6. The molecule has 1 heterocycles. The molecule has 3 aromatic rings. The molecule has 0 aromatic heterocycles. The van der Waals surface area contributed by atoms with Crippen molar-refractivity contribution in [2.24, 2.45) is 0 Å². The molecule has 12 heteroatoms. The molecule has 0 bridgehead atoms. The fourth-order valence-corrected chi connectivity index (χ4v) is 6.71. The lowest BCUT2D eigenvalue weighted by Gasteiger charge is -2.26. The van der Waals surface area contributed by atoms with Gasteiger partial charge in [-0.15, -0.1) is 0 Å². The molecule has 0 radical (unpaired) electrons. The quantitative estimate of drug-likeness (QED) is 0.360. The van der Waals surface area contributed by atoms with Crippen LogP contribution in [0.1, 0.15) is 21.5 Å². The zero-order chi connectivity index (χ0) is 27.9. The van der Waals surface area contributed by atoms with Crippen LogP contribution < -0.4 is 14.8 Å². The minimum Gasteiger partial charge on any atom is -0.495 e. The maximum Gasteiger partial charge on any atom is 0.251 e. The molecular weight excluding hydrogens is 542 g/mol. The Morgan fingerprint density at radius 3 is 2.28 bits per heavy atom. The number of benzene rings is 3. The van der Waals surface area contributed by atoms with Crippen LogP contribution in [0.4, 0.5) is 0 Å². The Bertz CT molecular complexity index is 1490. The van der Waals surface area contributed by atoms with Crippen LogP contribution in [-0.2, 0) is 37.7 Å². The van der Waals surface area contributed by atoms with E-state index in [9.17, 15) is 21.6 Å². The second kappa shape index (κ2) is 12.7. The molecule has 1 amide bonds. The van der Waals surface area contributed by atoms with Crippen LogP contribution >= 0.6 is 0 Å². The first kappa shape index (κ1) is 28.7. The first-order chi connectivity index (χ1) is 18.7. The number of amides is 1. The van der Waals surface area contributed by atoms with E-state index in [2.05, 4.69) is 10.0 Å². The average Bonchev–Trinajstić information content (AvgIpc) is 2.96. The topological polar surface area (TPSA) is 131 Å². The van der Waals surface area contributed by atoms with E-state index >= 15 is 0 Å². The van der Waals surface area contributed by atoms with Gasteiger partial charge in [0.15, 0.2) is 0 Å². The number of carbonyl (C=O) groups is 1. The molecule has 1 aliphatic rings. The molecule has 1 fully saturated rings. The van der Waals surface area contributed by atoms with Crippen molar-refractivity contribution in [2.45, 2.75) is 22.8 Å². The van der Waals surface area contributed by atoms with Gasteiger partial charge in [0.1, 0.15) is 10.6 Å². The lowest BCUT2D eigenvalue weighted by atomic mass is 10.2. The summed E-state index contributed by atoms with van der Waals surface area (Å²) in [7, 11) is -6.20. The van der Waals surface area contributed by atoms with Crippen molar-refractivity contribution in [1.29, 1.82) is 0 Å². The SMILES string of the molecule is COc1ccc(C(=O)NCc2ccc(S(=O)(=O)N3CCOCC3)cc2)cc1S(=O)(=O)NCCc1ccccc1. The van der Waals surface area contributed by atoms with Gasteiger partial charge in [0.05, 0.1) is 25.2 Å². The Balaban J connectivity index is 1.40. The molecule has 0 unspecified atom stereocenters. The van der Waals surface area contributed by atoms with Crippen molar-refractivity contribution in [3.8, 4) is 5.75 Å². The summed E-state index contributed by atoms with van der Waals surface area (Å²) in [5.74, 6) is -0.362. The number of hydrogen-bond donors (Lipinski definition) is 2. The van der Waals surface area contributed by atoms with E-state index < -0.39 is 26.0 Å². The van der Waals surface area contributed by atoms with E-state index in [4.69, 9.17) is 9.47 Å². The Kier molecular flexibility index (Phi) is 9.36. The van der Waals surface area contributed by atoms with Crippen molar-refractivity contribution >= 4 is 26.0 Å². The van der Waals surface area contributed by atoms with Gasteiger partial charge in [0.2, 0.25) is 20.0 Å². The Morgan fingerprint density at radius 2 is 1.62 bits per heavy atom. The number of carbonyl (C=O) groups excluding carboxylic acids is 1. The van der Waals surface area contributed by atoms with E-state index in [0.717, 1.165) is 5.56 Å². The molecule has 4 rings (SSSR count). The van der Waals surface area contributed by atoms with E-state index in [-0.39, 0.29) is 34.2 Å². The molecule has 3 aromatic carbocycles. The van der Waals surface area contributed by atoms with Crippen LogP contribution in [0.5, 0.6) is 5.75 Å². The average molecular weight is 574 g/mol. The maximum atomic E-state index is 13.0. The number of morpholine rings is 1. The van der Waals surface area contributed by atoms with Gasteiger partial charge in [-0.2, -0.15) is 4.31 Å². The number of nitrogens with one attached hydrogen (secondary N) is 2. The van der Waals surface area contributed by atoms with Gasteiger partial charge in [0, 0.05) is 31.7 Å². The first-order valence-corrected chi connectivity index (χ1v) is 15.3. The van der Waals surface area contributed by atoms with Gasteiger partial charge in [-0.3, -0.25) is 4.79 Å². The molecular formula is C27H31N3O7S2. The highest BCUT2D eigenvalue weighted by atomic mass is 32.2. The monoisotopic (exact) mass is 573 g/mol. The molecule has 208 valence electrons. The fraction of sp³-hybridized carbons (Fsp3) is 0.296. The fourth-order valence-electron chi connectivity index (χ4n) is 4.08. The van der Waals surface area contributed by atoms with Crippen LogP contribution in [0.3, 0.4) is 0 Å². The summed E-state index contributed by atoms with van der Waals surface area (Å²) in [6.45, 7) is 1.65. The number of methoxy groups -OCH3 is 1. The van der Waals surface area contributed by atoms with Crippen molar-refractivity contribution in [3.05, 3.63) is 89.5 Å². The predicted octanol–water partition coefficient (Wildman–Crippen LogP) is 2.17. The highest BCUT2D eigenvalue weighted by molar-refractivity contribution is 7.89. The molecule has 1 saturated heterocycles. The van der Waals surface area contributed by atoms with Crippen LogP contribution in [0.25, 0.3) is 0 Å². The number of rotatable bonds is 11. The minimum absolute atomic E-state index is 0.121. The summed E-state index contributed by atoms with van der Waals surface area (Å²) in [6.07, 6.45) is 0.509. The molecule has 2 N–H and O–H groups in total. The van der Waals surface area contributed by atoms with E-state index in [0.29, 0.717) is 38.3 Å². The number of hydrogen-bond acceptors (Lipinski definition) is 7. The third-order valence-electron chi connectivity index (χ3n) is 6.25. The van der Waals surface area contributed by atoms with Crippen LogP contribution in [0.2, 0.25) is 0 Å². The van der Waals surface area contributed by atoms with Crippen molar-refractivity contribution in [1.82, 2.24) is 14.3 Å². The number of ether oxygens (including phenoxy) is 2. The van der Waals surface area contributed by atoms with Gasteiger partial charge in [-0.05, 0) is 47.9 Å². The van der Waals surface area contributed by atoms with Crippen LogP contribution in [0, 0.1) is 0 Å². The lowest BCUT2D eigenvalue weighted by molar-refractivity contribution is 0.0730. The van der Waals surface area contributed by atoms with E-state index in [1.54, 1.807) is 12.1 Å². The van der Waals surface area contributed by atoms with Crippen molar-refractivity contribution in [2.75, 3.05) is 40.0 Å². The second-order valence-electron chi connectivity index (χ2n) is 8.84. The number of nitrogens with zero attached hydrogens (tertiary/aromatic N) is 1. The smallest absolute Gasteiger partial charge is 0.251 e. The zero-order valence-electron chi connectivity index (χ0n) is 21.5. The Morgan fingerprint density at radius 1 is 0.923 bits per heavy atom. The predicted molar refractivity (Wildman–Crippen MR) is 146 cm³/mol. The summed E-state index contributed by atoms with van der Waals surface area (Å²) in [5, 5.41) is 2.75. The highest BCUT2D eigenvalue weighted by Gasteiger charge is 2.26. The van der Waals surface area contributed by atoms with Gasteiger partial charge in [0.25, 0.3) is 5.91 Å². The Hall–Kier alpha value is -3.29. The van der Waals surface area contributed by atoms with Crippen molar-refractivity contribution in [3.63, 3.8) is 0 Å². The summed E-state index contributed by atoms with van der Waals surface area (Å²) in [5.41, 5.74) is 1.82. The lowest BCUT2D eigenvalue weighted by Crippen LogP contribution is -2.40. The molecule has 0 saturated carbocycles. The van der Waals surface area contributed by atoms with Crippen LogP contribution in [0.15, 0.2) is 82.6 Å². The first-order valence-electron chi connectivity index (χ1n) is 12.4. The second-order valence-corrected chi connectivity index (χ2v) is 12.5. The van der Waals surface area contributed by atoms with Gasteiger partial charge in [-0.25, -0.2) is 21.6 Å². The summed E-state index contributed by atoms with van der Waals surface area (Å²) in [6, 6.07) is 20.0. The summed E-state index contributed by atoms with van der Waals surface area (Å²) < 4.78 is 66.0. The molecule has 0 spiro atoms.